The highest BCUT2D eigenvalue weighted by atomic mass is 32.2. The van der Waals surface area contributed by atoms with Gasteiger partial charge in [-0.05, 0) is 45.1 Å². The van der Waals surface area contributed by atoms with Crippen molar-refractivity contribution in [1.29, 1.82) is 0 Å². The van der Waals surface area contributed by atoms with Crippen LogP contribution >= 0.6 is 0 Å². The lowest BCUT2D eigenvalue weighted by Crippen LogP contribution is -2.43. The second-order valence-electron chi connectivity index (χ2n) is 9.32. The van der Waals surface area contributed by atoms with E-state index in [9.17, 15) is 27.1 Å². The number of piperidine rings is 1. The van der Waals surface area contributed by atoms with Gasteiger partial charge in [0.2, 0.25) is 22.5 Å². The number of halogens is 2. The van der Waals surface area contributed by atoms with Gasteiger partial charge in [0.25, 0.3) is 5.56 Å². The molecule has 1 saturated carbocycles. The highest BCUT2D eigenvalue weighted by molar-refractivity contribution is 7.89. The number of aromatic nitrogens is 3. The number of ether oxygens (including phenoxy) is 1. The topological polar surface area (TPSA) is 131 Å². The molecule has 14 heteroatoms. The summed E-state index contributed by atoms with van der Waals surface area (Å²) in [6, 6.07) is 0.353. The van der Waals surface area contributed by atoms with E-state index in [4.69, 9.17) is 6.57 Å². The molecule has 1 saturated heterocycles. The van der Waals surface area contributed by atoms with Gasteiger partial charge in [-0.1, -0.05) is 0 Å². The van der Waals surface area contributed by atoms with E-state index >= 15 is 0 Å². The predicted molar refractivity (Wildman–Crippen MR) is 127 cm³/mol. The Morgan fingerprint density at radius 3 is 2.69 bits per heavy atom. The smallest absolute Gasteiger partial charge is 0.387 e. The number of pyridine rings is 1. The summed E-state index contributed by atoms with van der Waals surface area (Å²) < 4.78 is 57.6. The third-order valence-corrected chi connectivity index (χ3v) is 8.64. The van der Waals surface area contributed by atoms with Crippen molar-refractivity contribution in [2.45, 2.75) is 63.3 Å². The van der Waals surface area contributed by atoms with E-state index in [1.165, 1.54) is 21.1 Å². The van der Waals surface area contributed by atoms with Crippen LogP contribution in [0.3, 0.4) is 0 Å². The average Bonchev–Trinajstić information content (AvgIpc) is 3.17. The fraction of sp³-hybridized carbons (Fsp3) is 0.636. The van der Waals surface area contributed by atoms with Gasteiger partial charge in [-0.3, -0.25) is 9.36 Å². The molecule has 2 N–H and O–H groups in total. The van der Waals surface area contributed by atoms with Crippen LogP contribution in [0.25, 0.3) is 15.9 Å². The number of hydrogen-bond donors (Lipinski definition) is 2. The lowest BCUT2D eigenvalue weighted by molar-refractivity contribution is -0.0513. The van der Waals surface area contributed by atoms with Crippen LogP contribution in [0.4, 0.5) is 14.7 Å². The summed E-state index contributed by atoms with van der Waals surface area (Å²) in [5.74, 6) is -0.552. The fourth-order valence-electron chi connectivity index (χ4n) is 4.92. The van der Waals surface area contributed by atoms with Crippen LogP contribution in [0.15, 0.2) is 17.1 Å². The van der Waals surface area contributed by atoms with Crippen molar-refractivity contribution < 1.29 is 27.0 Å². The van der Waals surface area contributed by atoms with Gasteiger partial charge >= 0.3 is 6.61 Å². The summed E-state index contributed by atoms with van der Waals surface area (Å²) in [6.07, 6.45) is 3.94. The number of sulfonamides is 1. The highest BCUT2D eigenvalue weighted by Crippen LogP contribution is 2.40. The second kappa shape index (κ2) is 10.2. The summed E-state index contributed by atoms with van der Waals surface area (Å²) in [5.41, 5.74) is -1.85. The van der Waals surface area contributed by atoms with E-state index in [0.717, 1.165) is 0 Å². The Morgan fingerprint density at radius 2 is 2.08 bits per heavy atom. The Kier molecular flexibility index (Phi) is 7.44. The zero-order chi connectivity index (χ0) is 26.1. The molecule has 196 valence electrons. The fourth-order valence-corrected chi connectivity index (χ4v) is 6.27. The number of alkyl halides is 2. The van der Waals surface area contributed by atoms with E-state index < -0.39 is 39.6 Å². The number of aliphatic hydroxyl groups is 1. The van der Waals surface area contributed by atoms with Crippen LogP contribution in [0.5, 0.6) is 5.75 Å². The number of fused-ring (bicyclic) bond motifs is 1. The molecule has 0 bridgehead atoms. The van der Waals surface area contributed by atoms with E-state index in [1.54, 1.807) is 6.92 Å². The van der Waals surface area contributed by atoms with Crippen LogP contribution in [-0.2, 0) is 10.0 Å². The van der Waals surface area contributed by atoms with Gasteiger partial charge in [-0.15, -0.1) is 0 Å². The Morgan fingerprint density at radius 1 is 1.36 bits per heavy atom. The van der Waals surface area contributed by atoms with Crippen LogP contribution in [0.2, 0.25) is 0 Å². The van der Waals surface area contributed by atoms with Crippen LogP contribution in [0.1, 0.15) is 45.1 Å². The van der Waals surface area contributed by atoms with Crippen molar-refractivity contribution >= 4 is 27.0 Å². The maximum Gasteiger partial charge on any atom is 0.387 e. The molecule has 2 aromatic rings. The van der Waals surface area contributed by atoms with E-state index in [0.29, 0.717) is 37.5 Å². The van der Waals surface area contributed by atoms with E-state index in [2.05, 4.69) is 24.9 Å². The monoisotopic (exact) mass is 526 g/mol. The van der Waals surface area contributed by atoms with Crippen molar-refractivity contribution in [1.82, 2.24) is 18.8 Å². The zero-order valence-electron chi connectivity index (χ0n) is 19.7. The molecule has 0 spiro atoms. The third-order valence-electron chi connectivity index (χ3n) is 6.79. The number of rotatable bonds is 8. The van der Waals surface area contributed by atoms with Gasteiger partial charge in [0.1, 0.15) is 11.4 Å². The SMILES string of the molecule is [C-]#[N+]CCS(=O)(=O)N1CCC(Nc2ncc3cc(OC(F)F)c(=O)n([C@@H]4CCC[C@@]4(C)O)c3n2)CC1. The van der Waals surface area contributed by atoms with Gasteiger partial charge in [0, 0.05) is 30.7 Å². The molecule has 0 unspecified atom stereocenters. The quantitative estimate of drug-likeness (QED) is 0.500. The number of nitrogens with one attached hydrogen (secondary N) is 1. The molecule has 2 fully saturated rings. The van der Waals surface area contributed by atoms with Crippen molar-refractivity contribution in [3.63, 3.8) is 0 Å². The third kappa shape index (κ3) is 5.42. The van der Waals surface area contributed by atoms with Crippen LogP contribution in [-0.4, -0.2) is 76.0 Å². The van der Waals surface area contributed by atoms with Crippen molar-refractivity contribution in [2.24, 2.45) is 0 Å². The summed E-state index contributed by atoms with van der Waals surface area (Å²) in [5, 5.41) is 14.3. The molecule has 1 aliphatic carbocycles. The van der Waals surface area contributed by atoms with E-state index in [1.807, 2.05) is 0 Å². The summed E-state index contributed by atoms with van der Waals surface area (Å²) >= 11 is 0. The lowest BCUT2D eigenvalue weighted by Gasteiger charge is -2.31. The maximum absolute atomic E-state index is 13.1. The molecule has 11 nitrogen and oxygen atoms in total. The maximum atomic E-state index is 13.1. The van der Waals surface area contributed by atoms with E-state index in [-0.39, 0.29) is 43.0 Å². The van der Waals surface area contributed by atoms with Crippen LogP contribution in [0, 0.1) is 6.57 Å². The molecule has 0 aromatic carbocycles. The van der Waals surface area contributed by atoms with Crippen molar-refractivity contribution in [3.05, 3.63) is 34.0 Å². The number of nitrogens with zero attached hydrogens (tertiary/aromatic N) is 5. The van der Waals surface area contributed by atoms with Crippen LogP contribution < -0.4 is 15.6 Å². The van der Waals surface area contributed by atoms with Gasteiger partial charge in [-0.25, -0.2) is 24.3 Å². The van der Waals surface area contributed by atoms with Gasteiger partial charge in [0.15, 0.2) is 5.75 Å². The zero-order valence-corrected chi connectivity index (χ0v) is 20.5. The van der Waals surface area contributed by atoms with Gasteiger partial charge in [-0.2, -0.15) is 13.8 Å². The Balaban J connectivity index is 1.61. The average molecular weight is 527 g/mol. The number of hydrogen-bond acceptors (Lipinski definition) is 8. The van der Waals surface area contributed by atoms with Gasteiger partial charge < -0.3 is 20.0 Å². The largest absolute Gasteiger partial charge is 0.429 e. The molecular formula is C22H28F2N6O5S. The molecular weight excluding hydrogens is 498 g/mol. The normalized spacial score (nSPS) is 23.7. The minimum absolute atomic E-state index is 0.0783. The first kappa shape index (κ1) is 26.2. The summed E-state index contributed by atoms with van der Waals surface area (Å²) in [7, 11) is -3.48. The first-order chi connectivity index (χ1) is 17.0. The molecule has 0 radical (unpaired) electrons. The highest BCUT2D eigenvalue weighted by Gasteiger charge is 2.40. The summed E-state index contributed by atoms with van der Waals surface area (Å²) in [4.78, 5) is 25.0. The molecule has 3 heterocycles. The molecule has 36 heavy (non-hydrogen) atoms. The molecule has 2 atom stereocenters. The first-order valence-corrected chi connectivity index (χ1v) is 13.3. The Bertz CT molecular complexity index is 1320. The molecule has 4 rings (SSSR count). The van der Waals surface area contributed by atoms with Crippen molar-refractivity contribution in [3.8, 4) is 5.75 Å². The second-order valence-corrected chi connectivity index (χ2v) is 11.4. The molecule has 2 aromatic heterocycles. The van der Waals surface area contributed by atoms with Gasteiger partial charge in [0.05, 0.1) is 11.6 Å². The molecule has 2 aliphatic rings. The van der Waals surface area contributed by atoms with Crippen molar-refractivity contribution in [2.75, 3.05) is 30.7 Å². The number of anilines is 1. The molecule has 0 amide bonds. The minimum Gasteiger partial charge on any atom is -0.429 e. The minimum atomic E-state index is -3.48. The Hall–Kier alpha value is -2.89. The Labute approximate surface area is 207 Å². The summed E-state index contributed by atoms with van der Waals surface area (Å²) in [6.45, 7) is 5.71. The molecule has 1 aliphatic heterocycles. The lowest BCUT2D eigenvalue weighted by atomic mass is 10.00. The first-order valence-electron chi connectivity index (χ1n) is 11.7. The standard InChI is InChI=1S/C22H28F2N6O5S/c1-22(32)7-3-4-17(22)30-18-14(12-16(19(30)31)35-20(23)24)13-26-21(28-18)27-15-5-9-29(10-6-15)36(33,34)11-8-25-2/h12-13,15,17,20,32H,3-11H2,1H3,(H,26,27,28)/t17-,22-/m1/s1. The predicted octanol–water partition coefficient (Wildman–Crippen LogP) is 1.99.